The summed E-state index contributed by atoms with van der Waals surface area (Å²) in [5.74, 6) is 1.45. The first kappa shape index (κ1) is 29.1. The number of nitrogens with zero attached hydrogens (tertiary/aromatic N) is 5. The fraction of sp³-hybridized carbons (Fsp3) is 0.471. The number of piperazine rings is 1. The van der Waals surface area contributed by atoms with Crippen LogP contribution in [0.15, 0.2) is 54.7 Å². The Hall–Kier alpha value is -3.98. The lowest BCUT2D eigenvalue weighted by atomic mass is 9.85. The Morgan fingerprint density at radius 3 is 2.37 bits per heavy atom. The highest BCUT2D eigenvalue weighted by atomic mass is 16.1. The fourth-order valence-electron chi connectivity index (χ4n) is 6.71. The molecule has 3 aromatic rings. The zero-order valence-corrected chi connectivity index (χ0v) is 25.5. The number of anilines is 4. The molecule has 0 spiro atoms. The van der Waals surface area contributed by atoms with Gasteiger partial charge in [-0.15, -0.1) is 0 Å². The van der Waals surface area contributed by atoms with E-state index in [2.05, 4.69) is 70.2 Å². The van der Waals surface area contributed by atoms with Crippen LogP contribution >= 0.6 is 0 Å². The summed E-state index contributed by atoms with van der Waals surface area (Å²) in [6, 6.07) is 16.9. The van der Waals surface area contributed by atoms with Crippen molar-refractivity contribution in [3.63, 3.8) is 0 Å². The maximum atomic E-state index is 13.2. The quantitative estimate of drug-likeness (QED) is 0.332. The second-order valence-corrected chi connectivity index (χ2v) is 12.6. The van der Waals surface area contributed by atoms with Gasteiger partial charge < -0.3 is 25.8 Å². The molecule has 2 aliphatic heterocycles. The minimum atomic E-state index is -0.632. The Labute approximate surface area is 254 Å². The van der Waals surface area contributed by atoms with Crippen molar-refractivity contribution >= 4 is 34.7 Å². The maximum Gasteiger partial charge on any atom is 0.271 e. The fourth-order valence-corrected chi connectivity index (χ4v) is 6.71. The second kappa shape index (κ2) is 12.3. The number of hydrogen-bond acceptors (Lipinski definition) is 8. The van der Waals surface area contributed by atoms with Crippen LogP contribution < -0.4 is 20.9 Å². The predicted octanol–water partition coefficient (Wildman–Crippen LogP) is 5.21. The van der Waals surface area contributed by atoms with Crippen LogP contribution in [-0.2, 0) is 0 Å². The summed E-state index contributed by atoms with van der Waals surface area (Å²) in [6.07, 6.45) is 6.57. The Balaban J connectivity index is 1.16. The van der Waals surface area contributed by atoms with E-state index in [-0.39, 0.29) is 23.4 Å². The lowest BCUT2D eigenvalue weighted by Gasteiger charge is -2.40. The van der Waals surface area contributed by atoms with Gasteiger partial charge in [0, 0.05) is 61.6 Å². The average Bonchev–Trinajstić information content (AvgIpc) is 3.85. The highest BCUT2D eigenvalue weighted by molar-refractivity contribution is 5.97. The number of likely N-dealkylation sites (N-methyl/N-ethyl adjacent to an activating group) is 1. The lowest BCUT2D eigenvalue weighted by Crippen LogP contribution is -2.50. The van der Waals surface area contributed by atoms with Gasteiger partial charge in [-0.3, -0.25) is 9.59 Å². The van der Waals surface area contributed by atoms with Crippen LogP contribution in [0.5, 0.6) is 0 Å². The van der Waals surface area contributed by atoms with Gasteiger partial charge in [-0.05, 0) is 88.2 Å². The van der Waals surface area contributed by atoms with Gasteiger partial charge >= 0.3 is 0 Å². The van der Waals surface area contributed by atoms with Gasteiger partial charge in [-0.25, -0.2) is 9.97 Å². The summed E-state index contributed by atoms with van der Waals surface area (Å²) in [6.45, 7) is 8.26. The van der Waals surface area contributed by atoms with E-state index >= 15 is 0 Å². The number of rotatable bonds is 9. The molecule has 3 aliphatic rings. The van der Waals surface area contributed by atoms with Crippen molar-refractivity contribution in [2.75, 3.05) is 48.3 Å². The molecule has 2 aromatic carbocycles. The molecule has 3 N–H and O–H groups in total. The maximum absolute atomic E-state index is 13.2. The number of primary amides is 1. The molecule has 3 atom stereocenters. The van der Waals surface area contributed by atoms with E-state index in [1.54, 1.807) is 6.20 Å². The Morgan fingerprint density at radius 2 is 1.70 bits per heavy atom. The number of aromatic nitrogens is 2. The molecule has 1 amide bonds. The smallest absolute Gasteiger partial charge is 0.271 e. The van der Waals surface area contributed by atoms with Crippen LogP contribution in [-0.4, -0.2) is 71.9 Å². The first-order valence-corrected chi connectivity index (χ1v) is 15.7. The van der Waals surface area contributed by atoms with Crippen molar-refractivity contribution in [2.24, 2.45) is 11.7 Å². The highest BCUT2D eigenvalue weighted by Gasteiger charge is 2.32. The molecule has 0 bridgehead atoms. The first-order chi connectivity index (χ1) is 20.8. The summed E-state index contributed by atoms with van der Waals surface area (Å²) in [5.41, 5.74) is 9.91. The van der Waals surface area contributed by atoms with Crippen LogP contribution in [0.1, 0.15) is 78.3 Å². The highest BCUT2D eigenvalue weighted by Crippen LogP contribution is 2.40. The first-order valence-electron chi connectivity index (χ1n) is 15.7. The van der Waals surface area contributed by atoms with Crippen molar-refractivity contribution < 1.29 is 9.59 Å². The van der Waals surface area contributed by atoms with Gasteiger partial charge in [-0.1, -0.05) is 24.3 Å². The molecule has 43 heavy (non-hydrogen) atoms. The van der Waals surface area contributed by atoms with Crippen molar-refractivity contribution in [1.82, 2.24) is 14.9 Å². The van der Waals surface area contributed by atoms with Crippen LogP contribution in [0, 0.1) is 5.92 Å². The molecular weight excluding hydrogens is 538 g/mol. The van der Waals surface area contributed by atoms with E-state index in [4.69, 9.17) is 10.7 Å². The SMILES string of the molecule is C[C@@H]1[C@H](CC(=O)c2ccc(C3CC3)cc2)CCCN1c1cnc(C(N)=O)c(Nc2ccc(N3CCN(C)C[C@@H]3C)cc2)n1. The van der Waals surface area contributed by atoms with Gasteiger partial charge in [-0.2, -0.15) is 0 Å². The van der Waals surface area contributed by atoms with Gasteiger partial charge in [0.25, 0.3) is 5.91 Å². The minimum Gasteiger partial charge on any atom is -0.366 e. The Kier molecular flexibility index (Phi) is 8.34. The summed E-state index contributed by atoms with van der Waals surface area (Å²) in [4.78, 5) is 41.8. The molecule has 1 aromatic heterocycles. The molecule has 3 heterocycles. The molecule has 1 saturated carbocycles. The van der Waals surface area contributed by atoms with Gasteiger partial charge in [0.05, 0.1) is 6.20 Å². The molecular formula is C34H43N7O2. The number of carbonyl (C=O) groups is 2. The second-order valence-electron chi connectivity index (χ2n) is 12.6. The third-order valence-electron chi connectivity index (χ3n) is 9.46. The largest absolute Gasteiger partial charge is 0.366 e. The Bertz CT molecular complexity index is 1450. The lowest BCUT2D eigenvalue weighted by molar-refractivity contribution is 0.0944. The predicted molar refractivity (Wildman–Crippen MR) is 171 cm³/mol. The summed E-state index contributed by atoms with van der Waals surface area (Å²) < 4.78 is 0. The molecule has 6 rings (SSSR count). The van der Waals surface area contributed by atoms with Crippen molar-refractivity contribution in [1.29, 1.82) is 0 Å². The van der Waals surface area contributed by atoms with Gasteiger partial charge in [0.1, 0.15) is 5.82 Å². The summed E-state index contributed by atoms with van der Waals surface area (Å²) >= 11 is 0. The Morgan fingerprint density at radius 1 is 0.953 bits per heavy atom. The number of nitrogens with one attached hydrogen (secondary N) is 1. The number of amides is 1. The standard InChI is InChI=1S/C34H43N7O2/c1-22-21-39(3)17-18-40(22)29-14-12-28(13-15-29)37-34-32(33(35)43)36-20-31(38-34)41-16-4-5-27(23(41)2)19-30(42)26-10-8-25(9-11-26)24-6-7-24/h8-15,20,22-24,27H,4-7,16-19,21H2,1-3H3,(H2,35,43)(H,37,38)/t22-,23+,27-/m0/s1. The van der Waals surface area contributed by atoms with Crippen LogP contribution in [0.3, 0.4) is 0 Å². The molecule has 3 fully saturated rings. The molecule has 1 aliphatic carbocycles. The minimum absolute atomic E-state index is 0.0925. The number of nitrogens with two attached hydrogens (primary N) is 1. The number of Topliss-reactive ketones (excluding diaryl/α,β-unsaturated/α-hetero) is 1. The zero-order valence-electron chi connectivity index (χ0n) is 25.5. The molecule has 0 radical (unpaired) electrons. The normalized spacial score (nSPS) is 22.8. The monoisotopic (exact) mass is 581 g/mol. The van der Waals surface area contributed by atoms with E-state index in [1.807, 2.05) is 24.3 Å². The molecule has 0 unspecified atom stereocenters. The van der Waals surface area contributed by atoms with Crippen molar-refractivity contribution in [3.05, 3.63) is 71.5 Å². The summed E-state index contributed by atoms with van der Waals surface area (Å²) in [5, 5.41) is 3.30. The van der Waals surface area contributed by atoms with Crippen LogP contribution in [0.4, 0.5) is 23.0 Å². The van der Waals surface area contributed by atoms with Crippen LogP contribution in [0.2, 0.25) is 0 Å². The number of benzene rings is 2. The number of carbonyl (C=O) groups excluding carboxylic acids is 2. The van der Waals surface area contributed by atoms with E-state index in [0.717, 1.165) is 50.3 Å². The van der Waals surface area contributed by atoms with Gasteiger partial charge in [0.2, 0.25) is 0 Å². The molecule has 226 valence electrons. The third kappa shape index (κ3) is 6.51. The van der Waals surface area contributed by atoms with E-state index in [9.17, 15) is 9.59 Å². The third-order valence-corrected chi connectivity index (χ3v) is 9.46. The summed E-state index contributed by atoms with van der Waals surface area (Å²) in [7, 11) is 2.16. The number of hydrogen-bond donors (Lipinski definition) is 2. The van der Waals surface area contributed by atoms with E-state index in [1.165, 1.54) is 24.1 Å². The van der Waals surface area contributed by atoms with E-state index in [0.29, 0.717) is 30.0 Å². The number of piperidine rings is 1. The van der Waals surface area contributed by atoms with Crippen molar-refractivity contribution in [2.45, 2.75) is 64.0 Å². The topological polar surface area (TPSA) is 108 Å². The van der Waals surface area contributed by atoms with Crippen molar-refractivity contribution in [3.8, 4) is 0 Å². The van der Waals surface area contributed by atoms with E-state index < -0.39 is 5.91 Å². The number of ketones is 1. The average molecular weight is 582 g/mol. The van der Waals surface area contributed by atoms with Crippen LogP contribution in [0.25, 0.3) is 0 Å². The van der Waals surface area contributed by atoms with Gasteiger partial charge in [0.15, 0.2) is 17.3 Å². The molecule has 9 nitrogen and oxygen atoms in total. The zero-order chi connectivity index (χ0) is 30.1. The molecule has 2 saturated heterocycles. The molecule has 9 heteroatoms.